The average molecular weight is 338 g/mol. The Kier molecular flexibility index (Phi) is 5.62. The number of nitrogens with two attached hydrogens (primary N) is 1. The number of hydrazone groups is 1. The smallest absolute Gasteiger partial charge is 0.329 e. The van der Waals surface area contributed by atoms with E-state index in [0.717, 1.165) is 11.1 Å². The van der Waals surface area contributed by atoms with E-state index in [0.29, 0.717) is 17.0 Å². The average Bonchev–Trinajstić information content (AvgIpc) is 2.60. The minimum absolute atomic E-state index is 0.306. The summed E-state index contributed by atoms with van der Waals surface area (Å²) in [5.74, 6) is -2.34. The number of hydrogen-bond acceptors (Lipinski definition) is 4. The van der Waals surface area contributed by atoms with E-state index in [1.54, 1.807) is 6.92 Å². The molecule has 2 aromatic carbocycles. The number of amides is 3. The van der Waals surface area contributed by atoms with Crippen LogP contribution in [0.25, 0.3) is 0 Å². The fourth-order valence-corrected chi connectivity index (χ4v) is 1.95. The zero-order valence-electron chi connectivity index (χ0n) is 13.9. The second-order valence-corrected chi connectivity index (χ2v) is 5.40. The Bertz CT molecular complexity index is 824. The summed E-state index contributed by atoms with van der Waals surface area (Å²) in [6, 6.07) is 13.5. The van der Waals surface area contributed by atoms with Crippen molar-refractivity contribution in [2.75, 3.05) is 5.32 Å². The van der Waals surface area contributed by atoms with Crippen molar-refractivity contribution < 1.29 is 14.4 Å². The van der Waals surface area contributed by atoms with Crippen molar-refractivity contribution in [3.05, 3.63) is 65.2 Å². The Labute approximate surface area is 144 Å². The van der Waals surface area contributed by atoms with Gasteiger partial charge in [-0.2, -0.15) is 5.10 Å². The summed E-state index contributed by atoms with van der Waals surface area (Å²) >= 11 is 0. The van der Waals surface area contributed by atoms with Crippen molar-refractivity contribution in [3.63, 3.8) is 0 Å². The molecule has 0 aromatic heterocycles. The molecule has 3 amide bonds. The Morgan fingerprint density at radius 1 is 0.880 bits per heavy atom. The van der Waals surface area contributed by atoms with Gasteiger partial charge in [0.15, 0.2) is 0 Å². The maximum atomic E-state index is 11.8. The van der Waals surface area contributed by atoms with Gasteiger partial charge in [0.05, 0.1) is 5.71 Å². The molecular weight excluding hydrogens is 320 g/mol. The normalized spacial score (nSPS) is 10.9. The molecule has 0 unspecified atom stereocenters. The predicted molar refractivity (Wildman–Crippen MR) is 95.1 cm³/mol. The van der Waals surface area contributed by atoms with E-state index in [1.165, 1.54) is 24.3 Å². The number of anilines is 1. The molecule has 4 N–H and O–H groups in total. The van der Waals surface area contributed by atoms with Gasteiger partial charge in [0.1, 0.15) is 0 Å². The lowest BCUT2D eigenvalue weighted by Gasteiger charge is -2.05. The van der Waals surface area contributed by atoms with Gasteiger partial charge >= 0.3 is 11.8 Å². The molecule has 0 spiro atoms. The number of primary amides is 1. The zero-order chi connectivity index (χ0) is 18.4. The molecule has 0 aliphatic heterocycles. The van der Waals surface area contributed by atoms with Crippen molar-refractivity contribution in [3.8, 4) is 0 Å². The Hall–Kier alpha value is -3.48. The maximum Gasteiger partial charge on any atom is 0.329 e. The van der Waals surface area contributed by atoms with Gasteiger partial charge in [0.25, 0.3) is 0 Å². The lowest BCUT2D eigenvalue weighted by atomic mass is 10.1. The van der Waals surface area contributed by atoms with Crippen LogP contribution in [-0.2, 0) is 9.59 Å². The second-order valence-electron chi connectivity index (χ2n) is 5.40. The highest BCUT2D eigenvalue weighted by atomic mass is 16.2. The summed E-state index contributed by atoms with van der Waals surface area (Å²) in [5, 5.41) is 6.33. The molecule has 7 nitrogen and oxygen atoms in total. The van der Waals surface area contributed by atoms with Crippen LogP contribution in [0, 0.1) is 6.92 Å². The molecule has 2 aromatic rings. The van der Waals surface area contributed by atoms with E-state index < -0.39 is 17.7 Å². The lowest BCUT2D eigenvalue weighted by molar-refractivity contribution is -0.136. The third kappa shape index (κ3) is 5.00. The summed E-state index contributed by atoms with van der Waals surface area (Å²) < 4.78 is 0. The van der Waals surface area contributed by atoms with Gasteiger partial charge in [0.2, 0.25) is 5.91 Å². The highest BCUT2D eigenvalue weighted by molar-refractivity contribution is 6.39. The first kappa shape index (κ1) is 17.9. The zero-order valence-corrected chi connectivity index (χ0v) is 13.9. The molecule has 128 valence electrons. The molecular formula is C18H18N4O3. The Balaban J connectivity index is 1.95. The minimum Gasteiger partial charge on any atom is -0.366 e. The van der Waals surface area contributed by atoms with Crippen LogP contribution in [0.4, 0.5) is 5.69 Å². The molecule has 0 saturated heterocycles. The van der Waals surface area contributed by atoms with E-state index in [2.05, 4.69) is 15.8 Å². The lowest BCUT2D eigenvalue weighted by Crippen LogP contribution is -2.33. The van der Waals surface area contributed by atoms with Crippen molar-refractivity contribution in [1.29, 1.82) is 0 Å². The van der Waals surface area contributed by atoms with Crippen molar-refractivity contribution in [2.45, 2.75) is 13.8 Å². The Morgan fingerprint density at radius 2 is 1.44 bits per heavy atom. The fourth-order valence-electron chi connectivity index (χ4n) is 1.95. The highest BCUT2D eigenvalue weighted by Crippen LogP contribution is 2.09. The van der Waals surface area contributed by atoms with Crippen LogP contribution in [0.15, 0.2) is 53.6 Å². The predicted octanol–water partition coefficient (Wildman–Crippen LogP) is 1.57. The molecule has 2 rings (SSSR count). The maximum absolute atomic E-state index is 11.8. The molecule has 0 bridgehead atoms. The molecule has 25 heavy (non-hydrogen) atoms. The topological polar surface area (TPSA) is 114 Å². The second kappa shape index (κ2) is 7.87. The monoisotopic (exact) mass is 338 g/mol. The van der Waals surface area contributed by atoms with Gasteiger partial charge in [-0.1, -0.05) is 29.8 Å². The third-order valence-corrected chi connectivity index (χ3v) is 3.43. The van der Waals surface area contributed by atoms with Gasteiger partial charge in [-0.25, -0.2) is 5.43 Å². The van der Waals surface area contributed by atoms with Crippen molar-refractivity contribution in [1.82, 2.24) is 5.43 Å². The largest absolute Gasteiger partial charge is 0.366 e. The van der Waals surface area contributed by atoms with E-state index >= 15 is 0 Å². The first-order chi connectivity index (χ1) is 11.9. The molecule has 0 saturated carbocycles. The number of hydrogen-bond donors (Lipinski definition) is 3. The number of carbonyl (C=O) groups excluding carboxylic acids is 3. The van der Waals surface area contributed by atoms with Crippen molar-refractivity contribution in [2.24, 2.45) is 10.8 Å². The number of nitrogens with one attached hydrogen (secondary N) is 2. The molecule has 0 aliphatic carbocycles. The molecule has 7 heteroatoms. The molecule has 0 atom stereocenters. The summed E-state index contributed by atoms with van der Waals surface area (Å²) in [5.41, 5.74) is 10.5. The standard InChI is InChI=1S/C18H18N4O3/c1-11-3-5-13(6-4-11)12(2)21-22-18(25)17(24)20-15-9-7-14(8-10-15)16(19)23/h3-10H,1-2H3,(H2,19,23)(H,20,24)(H,22,25)/b21-12+. The number of carbonyl (C=O) groups is 3. The number of rotatable bonds is 4. The summed E-state index contributed by atoms with van der Waals surface area (Å²) in [6.07, 6.45) is 0. The van der Waals surface area contributed by atoms with Gasteiger partial charge in [0, 0.05) is 11.3 Å². The molecule has 0 aliphatic rings. The summed E-state index contributed by atoms with van der Waals surface area (Å²) in [4.78, 5) is 34.6. The quantitative estimate of drug-likeness (QED) is 0.446. The van der Waals surface area contributed by atoms with E-state index in [1.807, 2.05) is 31.2 Å². The summed E-state index contributed by atoms with van der Waals surface area (Å²) in [7, 11) is 0. The highest BCUT2D eigenvalue weighted by Gasteiger charge is 2.13. The van der Waals surface area contributed by atoms with Crippen LogP contribution in [-0.4, -0.2) is 23.4 Å². The number of aryl methyl sites for hydroxylation is 1. The number of benzene rings is 2. The van der Waals surface area contributed by atoms with Crippen LogP contribution >= 0.6 is 0 Å². The molecule has 0 radical (unpaired) electrons. The van der Waals surface area contributed by atoms with Crippen molar-refractivity contribution >= 4 is 29.1 Å². The van der Waals surface area contributed by atoms with Crippen LogP contribution in [0.1, 0.15) is 28.4 Å². The first-order valence-corrected chi connectivity index (χ1v) is 7.49. The van der Waals surface area contributed by atoms with Gasteiger partial charge < -0.3 is 11.1 Å². The van der Waals surface area contributed by atoms with Crippen LogP contribution in [0.2, 0.25) is 0 Å². The molecule has 0 heterocycles. The van der Waals surface area contributed by atoms with Gasteiger partial charge in [-0.05, 0) is 43.7 Å². The third-order valence-electron chi connectivity index (χ3n) is 3.43. The summed E-state index contributed by atoms with van der Waals surface area (Å²) in [6.45, 7) is 3.70. The van der Waals surface area contributed by atoms with Crippen LogP contribution < -0.4 is 16.5 Å². The van der Waals surface area contributed by atoms with E-state index in [4.69, 9.17) is 5.73 Å². The van der Waals surface area contributed by atoms with E-state index in [-0.39, 0.29) is 0 Å². The molecule has 0 fully saturated rings. The van der Waals surface area contributed by atoms with Crippen LogP contribution in [0.3, 0.4) is 0 Å². The SMILES string of the molecule is C/C(=N\NC(=O)C(=O)Nc1ccc(C(N)=O)cc1)c1ccc(C)cc1. The first-order valence-electron chi connectivity index (χ1n) is 7.49. The minimum atomic E-state index is -0.898. The van der Waals surface area contributed by atoms with E-state index in [9.17, 15) is 14.4 Å². The Morgan fingerprint density at radius 3 is 2.00 bits per heavy atom. The van der Waals surface area contributed by atoms with Gasteiger partial charge in [-0.3, -0.25) is 14.4 Å². The van der Waals surface area contributed by atoms with Crippen LogP contribution in [0.5, 0.6) is 0 Å². The fraction of sp³-hybridized carbons (Fsp3) is 0.111. The van der Waals surface area contributed by atoms with Gasteiger partial charge in [-0.15, -0.1) is 0 Å². The number of nitrogens with zero attached hydrogens (tertiary/aromatic N) is 1.